The van der Waals surface area contributed by atoms with E-state index in [0.717, 1.165) is 0 Å². The first-order valence-corrected chi connectivity index (χ1v) is 8.09. The maximum atomic E-state index is 12.2. The number of nitrogens with one attached hydrogen (secondary N) is 1. The molecule has 0 heterocycles. The van der Waals surface area contributed by atoms with Crippen LogP contribution >= 0.6 is 19.2 Å². The van der Waals surface area contributed by atoms with Crippen molar-refractivity contribution in [3.8, 4) is 0 Å². The van der Waals surface area contributed by atoms with Crippen LogP contribution in [0.15, 0.2) is 18.2 Å². The average Bonchev–Trinajstić information content (AvgIpc) is 2.37. The monoisotopic (exact) mass is 320 g/mol. The van der Waals surface area contributed by atoms with Gasteiger partial charge in [-0.2, -0.15) is 0 Å². The fraction of sp³-hybridized carbons (Fsp3) is 0.417. The molecule has 0 saturated heterocycles. The summed E-state index contributed by atoms with van der Waals surface area (Å²) in [6.45, 7) is 3.20. The quantitative estimate of drug-likeness (QED) is 0.491. The van der Waals surface area contributed by atoms with Crippen molar-refractivity contribution >= 4 is 30.8 Å². The molecule has 0 atom stereocenters. The first-order chi connectivity index (χ1) is 9.18. The summed E-state index contributed by atoms with van der Waals surface area (Å²) in [6, 6.07) is 4.53. The number of carbonyl (C=O) groups is 1. The molecule has 0 aromatic heterocycles. The summed E-state index contributed by atoms with van der Waals surface area (Å²) in [5.74, 6) is -0.656. The highest BCUT2D eigenvalue weighted by atomic mass is 35.5. The molecule has 0 bridgehead atoms. The molecule has 0 saturated carbocycles. The Kier molecular flexibility index (Phi) is 5.21. The third kappa shape index (κ3) is 3.15. The maximum Gasteiger partial charge on any atom is 0.350 e. The van der Waals surface area contributed by atoms with Crippen LogP contribution in [0.5, 0.6) is 0 Å². The van der Waals surface area contributed by atoms with Gasteiger partial charge >= 0.3 is 7.60 Å². The molecule has 0 aliphatic carbocycles. The fourth-order valence-electron chi connectivity index (χ4n) is 1.93. The molecule has 0 spiro atoms. The Bertz CT molecular complexity index is 554. The van der Waals surface area contributed by atoms with Crippen molar-refractivity contribution in [1.29, 1.82) is 0 Å². The van der Waals surface area contributed by atoms with Crippen LogP contribution in [0.4, 0.5) is 5.69 Å². The summed E-state index contributed by atoms with van der Waals surface area (Å²) in [5.41, 5.74) is 5.88. The van der Waals surface area contributed by atoms with E-state index in [1.807, 2.05) is 0 Å². The molecule has 0 radical (unpaired) electrons. The van der Waals surface area contributed by atoms with Gasteiger partial charge in [0.15, 0.2) is 0 Å². The van der Waals surface area contributed by atoms with Gasteiger partial charge in [-0.1, -0.05) is 31.5 Å². The van der Waals surface area contributed by atoms with Crippen molar-refractivity contribution in [3.05, 3.63) is 28.8 Å². The number of benzene rings is 1. The number of rotatable bonds is 5. The number of para-hydroxylation sites is 1. The van der Waals surface area contributed by atoms with Crippen molar-refractivity contribution in [2.75, 3.05) is 5.73 Å². The molecule has 1 aromatic rings. The number of halogens is 1. The lowest BCUT2D eigenvalue weighted by molar-refractivity contribution is 0.0912. The zero-order valence-corrected chi connectivity index (χ0v) is 12.9. The summed E-state index contributed by atoms with van der Waals surface area (Å²) in [4.78, 5) is 31.2. The van der Waals surface area contributed by atoms with Crippen LogP contribution in [-0.2, 0) is 4.57 Å². The van der Waals surface area contributed by atoms with E-state index in [4.69, 9.17) is 17.3 Å². The lowest BCUT2D eigenvalue weighted by Crippen LogP contribution is -2.47. The Balaban J connectivity index is 3.16. The second kappa shape index (κ2) is 6.14. The predicted octanol–water partition coefficient (Wildman–Crippen LogP) is 2.35. The lowest BCUT2D eigenvalue weighted by Gasteiger charge is -2.33. The number of amides is 1. The van der Waals surface area contributed by atoms with Gasteiger partial charge in [0, 0.05) is 0 Å². The van der Waals surface area contributed by atoms with Gasteiger partial charge in [0.25, 0.3) is 5.91 Å². The summed E-state index contributed by atoms with van der Waals surface area (Å²) < 4.78 is 11.7. The number of nitrogen functional groups attached to an aromatic ring is 1. The summed E-state index contributed by atoms with van der Waals surface area (Å²) in [6.07, 6.45) is 0.194. The van der Waals surface area contributed by atoms with Crippen molar-refractivity contribution < 1.29 is 19.1 Å². The van der Waals surface area contributed by atoms with Crippen LogP contribution in [0.2, 0.25) is 5.02 Å². The number of carbonyl (C=O) groups excluding carboxylic acids is 1. The van der Waals surface area contributed by atoms with E-state index in [1.165, 1.54) is 12.1 Å². The minimum Gasteiger partial charge on any atom is -0.397 e. The topological polar surface area (TPSA) is 113 Å². The molecule has 1 amide bonds. The molecular weight excluding hydrogens is 303 g/mol. The zero-order valence-electron chi connectivity index (χ0n) is 11.3. The van der Waals surface area contributed by atoms with Gasteiger partial charge in [0.2, 0.25) is 0 Å². The Morgan fingerprint density at radius 3 is 2.40 bits per heavy atom. The Morgan fingerprint density at radius 1 is 1.40 bits per heavy atom. The summed E-state index contributed by atoms with van der Waals surface area (Å²) in [7, 11) is -4.51. The van der Waals surface area contributed by atoms with E-state index >= 15 is 0 Å². The smallest absolute Gasteiger partial charge is 0.350 e. The third-order valence-corrected chi connectivity index (χ3v) is 5.56. The fourth-order valence-corrected chi connectivity index (χ4v) is 3.17. The van der Waals surface area contributed by atoms with E-state index in [2.05, 4.69) is 5.32 Å². The highest BCUT2D eigenvalue weighted by molar-refractivity contribution is 7.53. The van der Waals surface area contributed by atoms with Gasteiger partial charge < -0.3 is 20.8 Å². The van der Waals surface area contributed by atoms with E-state index < -0.39 is 18.8 Å². The van der Waals surface area contributed by atoms with Crippen molar-refractivity contribution in [3.63, 3.8) is 0 Å². The second-order valence-electron chi connectivity index (χ2n) is 4.44. The number of nitrogens with two attached hydrogens (primary N) is 1. The van der Waals surface area contributed by atoms with Gasteiger partial charge in [-0.15, -0.1) is 0 Å². The molecule has 20 heavy (non-hydrogen) atoms. The van der Waals surface area contributed by atoms with Crippen LogP contribution in [0.25, 0.3) is 0 Å². The van der Waals surface area contributed by atoms with Crippen LogP contribution < -0.4 is 11.1 Å². The Labute approximate surface area is 122 Å². The molecule has 0 fully saturated rings. The van der Waals surface area contributed by atoms with Crippen molar-refractivity contribution in [1.82, 2.24) is 5.32 Å². The Hall–Kier alpha value is -1.07. The molecule has 1 aromatic carbocycles. The first kappa shape index (κ1) is 17.0. The molecule has 6 nitrogen and oxygen atoms in total. The highest BCUT2D eigenvalue weighted by Gasteiger charge is 2.45. The summed E-state index contributed by atoms with van der Waals surface area (Å²) in [5, 5.41) is 1.03. The van der Waals surface area contributed by atoms with Crippen LogP contribution in [0, 0.1) is 0 Å². The minimum atomic E-state index is -4.51. The largest absolute Gasteiger partial charge is 0.397 e. The zero-order chi connectivity index (χ0) is 15.6. The highest BCUT2D eigenvalue weighted by Crippen LogP contribution is 2.52. The summed E-state index contributed by atoms with van der Waals surface area (Å²) >= 11 is 5.83. The maximum absolute atomic E-state index is 12.2. The van der Waals surface area contributed by atoms with Gasteiger partial charge in [-0.3, -0.25) is 9.36 Å². The standard InChI is InChI=1S/C12H18ClN2O4P/c1-3-12(4-2,20(17,18)19)15-11(16)8-6-5-7-9(13)10(8)14/h5-7H,3-4,14H2,1-2H3,(H,15,16)(H2,17,18,19). The molecular formula is C12H18ClN2O4P. The Morgan fingerprint density at radius 2 is 1.95 bits per heavy atom. The molecule has 1 rings (SSSR count). The van der Waals surface area contributed by atoms with E-state index in [-0.39, 0.29) is 29.1 Å². The average molecular weight is 321 g/mol. The first-order valence-electron chi connectivity index (χ1n) is 6.10. The molecule has 5 N–H and O–H groups in total. The molecule has 0 aliphatic rings. The molecule has 0 aliphatic heterocycles. The van der Waals surface area contributed by atoms with Gasteiger partial charge in [-0.05, 0) is 25.0 Å². The lowest BCUT2D eigenvalue weighted by atomic mass is 10.1. The SMILES string of the molecule is CCC(CC)(NC(=O)c1cccc(Cl)c1N)P(=O)(O)O. The van der Waals surface area contributed by atoms with Crippen molar-refractivity contribution in [2.45, 2.75) is 32.0 Å². The molecule has 0 unspecified atom stereocenters. The number of anilines is 1. The minimum absolute atomic E-state index is 0.0819. The van der Waals surface area contributed by atoms with E-state index in [9.17, 15) is 19.1 Å². The van der Waals surface area contributed by atoms with Crippen LogP contribution in [0.1, 0.15) is 37.0 Å². The van der Waals surface area contributed by atoms with Crippen LogP contribution in [-0.4, -0.2) is 21.0 Å². The van der Waals surface area contributed by atoms with Gasteiger partial charge in [0.05, 0.1) is 16.3 Å². The predicted molar refractivity (Wildman–Crippen MR) is 78.7 cm³/mol. The van der Waals surface area contributed by atoms with Gasteiger partial charge in [0.1, 0.15) is 5.28 Å². The third-order valence-electron chi connectivity index (χ3n) is 3.37. The second-order valence-corrected chi connectivity index (χ2v) is 6.79. The van der Waals surface area contributed by atoms with E-state index in [1.54, 1.807) is 19.9 Å². The van der Waals surface area contributed by atoms with Crippen molar-refractivity contribution in [2.24, 2.45) is 0 Å². The number of hydrogen-bond donors (Lipinski definition) is 4. The molecule has 8 heteroatoms. The van der Waals surface area contributed by atoms with Gasteiger partial charge in [-0.25, -0.2) is 0 Å². The molecule has 112 valence electrons. The number of hydrogen-bond acceptors (Lipinski definition) is 3. The van der Waals surface area contributed by atoms with Crippen LogP contribution in [0.3, 0.4) is 0 Å². The van der Waals surface area contributed by atoms with E-state index in [0.29, 0.717) is 0 Å². The normalized spacial score (nSPS) is 12.2.